The standard InChI is InChI=1S/C34H36NO.C13H24O2.Ir/c1-21-20-35-30(25-16-24-11-9-10-12-27(24)29(17-25)34(6,7)8)18-28(21)32-22(2)26-14-13-23(15-31(26)36-32)19-33(3,4)5;1-5-10(6-2)12(14)9-13(15)11(7-3)8-4;/h9-15,17-18,20H,19H2,1-8H3;9-11,14H,5-8H2,1-4H3;/q-1;;/b;12-9-;/i1D3,2D3,19D2;;. The Morgan fingerprint density at radius 1 is 0.923 bits per heavy atom. The molecule has 5 heteroatoms. The number of aromatic nitrogens is 1. The number of rotatable bonds is 10. The van der Waals surface area contributed by atoms with Crippen molar-refractivity contribution in [2.24, 2.45) is 17.3 Å². The van der Waals surface area contributed by atoms with Crippen molar-refractivity contribution in [3.05, 3.63) is 101 Å². The van der Waals surface area contributed by atoms with Gasteiger partial charge in [-0.15, -0.1) is 29.1 Å². The fourth-order valence-corrected chi connectivity index (χ4v) is 6.36. The van der Waals surface area contributed by atoms with Gasteiger partial charge in [-0.2, -0.15) is 0 Å². The van der Waals surface area contributed by atoms with Crippen LogP contribution in [-0.4, -0.2) is 15.9 Å². The van der Waals surface area contributed by atoms with Gasteiger partial charge in [0.05, 0.1) is 5.76 Å². The van der Waals surface area contributed by atoms with Gasteiger partial charge in [0.15, 0.2) is 5.78 Å². The largest absolute Gasteiger partial charge is 0.512 e. The zero-order chi connectivity index (χ0) is 44.5. The van der Waals surface area contributed by atoms with E-state index in [0.717, 1.165) is 42.0 Å². The number of benzene rings is 3. The van der Waals surface area contributed by atoms with Crippen LogP contribution in [0.1, 0.15) is 128 Å². The average Bonchev–Trinajstić information content (AvgIpc) is 3.54. The molecule has 0 aliphatic heterocycles. The molecule has 0 spiro atoms. The molecule has 0 aliphatic rings. The summed E-state index contributed by atoms with van der Waals surface area (Å²) >= 11 is 0. The van der Waals surface area contributed by atoms with Crippen molar-refractivity contribution in [2.75, 3.05) is 0 Å². The zero-order valence-corrected chi connectivity index (χ0v) is 34.8. The Labute approximate surface area is 338 Å². The summed E-state index contributed by atoms with van der Waals surface area (Å²) < 4.78 is 73.7. The second-order valence-corrected chi connectivity index (χ2v) is 15.4. The van der Waals surface area contributed by atoms with Crippen LogP contribution >= 0.6 is 0 Å². The third kappa shape index (κ3) is 10.3. The molecule has 1 N–H and O–H groups in total. The third-order valence-electron chi connectivity index (χ3n) is 9.30. The van der Waals surface area contributed by atoms with E-state index in [0.29, 0.717) is 16.8 Å². The van der Waals surface area contributed by atoms with Crippen LogP contribution in [0, 0.1) is 37.0 Å². The molecule has 0 saturated carbocycles. The van der Waals surface area contributed by atoms with E-state index in [2.05, 4.69) is 31.8 Å². The van der Waals surface area contributed by atoms with Gasteiger partial charge in [0.1, 0.15) is 11.3 Å². The summed E-state index contributed by atoms with van der Waals surface area (Å²) in [7, 11) is 0. The molecule has 281 valence electrons. The number of furan rings is 1. The number of nitrogens with zero attached hydrogens (tertiary/aromatic N) is 1. The molecular weight excluding hydrogens is 819 g/mol. The smallest absolute Gasteiger partial charge is 0.162 e. The Kier molecular flexibility index (Phi) is 11.1. The van der Waals surface area contributed by atoms with Crippen LogP contribution in [0.5, 0.6) is 0 Å². The van der Waals surface area contributed by atoms with Gasteiger partial charge in [-0.1, -0.05) is 117 Å². The summed E-state index contributed by atoms with van der Waals surface area (Å²) in [5, 5.41) is 12.0. The van der Waals surface area contributed by atoms with Gasteiger partial charge in [0.2, 0.25) is 0 Å². The van der Waals surface area contributed by atoms with E-state index in [1.807, 2.05) is 58.0 Å². The molecule has 0 unspecified atom stereocenters. The second kappa shape index (κ2) is 18.0. The van der Waals surface area contributed by atoms with E-state index in [1.54, 1.807) is 39.0 Å². The molecule has 0 amide bonds. The number of allylic oxidation sites excluding steroid dienone is 2. The number of pyridine rings is 1. The number of aliphatic hydroxyl groups is 1. The van der Waals surface area contributed by atoms with Gasteiger partial charge in [0.25, 0.3) is 0 Å². The van der Waals surface area contributed by atoms with Gasteiger partial charge in [-0.25, -0.2) is 0 Å². The number of hydrogen-bond donors (Lipinski definition) is 1. The first kappa shape index (κ1) is 31.9. The van der Waals surface area contributed by atoms with E-state index < -0.39 is 25.5 Å². The van der Waals surface area contributed by atoms with Crippen molar-refractivity contribution in [3.63, 3.8) is 0 Å². The summed E-state index contributed by atoms with van der Waals surface area (Å²) in [6.07, 6.45) is 4.42. The van der Waals surface area contributed by atoms with Gasteiger partial charge in [-0.3, -0.25) is 9.78 Å². The quantitative estimate of drug-likeness (QED) is 0.0862. The predicted molar refractivity (Wildman–Crippen MR) is 216 cm³/mol. The number of aliphatic hydroxyl groups excluding tert-OH is 1. The molecule has 4 nitrogen and oxygen atoms in total. The Morgan fingerprint density at radius 2 is 1.60 bits per heavy atom. The van der Waals surface area contributed by atoms with Crippen molar-refractivity contribution in [2.45, 2.75) is 120 Å². The van der Waals surface area contributed by atoms with Crippen molar-refractivity contribution >= 4 is 27.5 Å². The van der Waals surface area contributed by atoms with E-state index in [-0.39, 0.29) is 82.3 Å². The first-order chi connectivity index (χ1) is 27.2. The van der Waals surface area contributed by atoms with Crippen LogP contribution in [0.4, 0.5) is 0 Å². The molecule has 1 radical (unpaired) electrons. The molecular formula is C47H60IrNO3-. The zero-order valence-electron chi connectivity index (χ0n) is 40.4. The fourth-order valence-electron chi connectivity index (χ4n) is 6.36. The Hall–Kier alpha value is -3.53. The summed E-state index contributed by atoms with van der Waals surface area (Å²) in [4.78, 5) is 16.2. The number of fused-ring (bicyclic) bond motifs is 2. The minimum absolute atomic E-state index is 0. The van der Waals surface area contributed by atoms with Gasteiger partial charge in [-0.05, 0) is 73.8 Å². The summed E-state index contributed by atoms with van der Waals surface area (Å²) in [6.45, 7) is 14.5. The van der Waals surface area contributed by atoms with Crippen LogP contribution in [0.2, 0.25) is 0 Å². The Bertz CT molecular complexity index is 2300. The summed E-state index contributed by atoms with van der Waals surface area (Å²) in [5.41, 5.74) is 1.48. The van der Waals surface area contributed by atoms with E-state index in [4.69, 9.17) is 15.4 Å². The molecule has 0 aliphatic carbocycles. The minimum atomic E-state index is -2.66. The van der Waals surface area contributed by atoms with E-state index in [9.17, 15) is 9.90 Å². The first-order valence-corrected chi connectivity index (χ1v) is 18.2. The molecule has 0 fully saturated rings. The summed E-state index contributed by atoms with van der Waals surface area (Å²) in [6, 6.07) is 19.5. The van der Waals surface area contributed by atoms with E-state index >= 15 is 0 Å². The average molecular weight is 887 g/mol. The van der Waals surface area contributed by atoms with Crippen LogP contribution in [-0.2, 0) is 36.7 Å². The topological polar surface area (TPSA) is 63.3 Å². The molecule has 52 heavy (non-hydrogen) atoms. The van der Waals surface area contributed by atoms with Crippen molar-refractivity contribution in [1.82, 2.24) is 4.98 Å². The van der Waals surface area contributed by atoms with Gasteiger partial charge < -0.3 is 9.52 Å². The number of aryl methyl sites for hydroxylation is 2. The predicted octanol–water partition coefficient (Wildman–Crippen LogP) is 13.5. The van der Waals surface area contributed by atoms with Gasteiger partial charge >= 0.3 is 0 Å². The second-order valence-electron chi connectivity index (χ2n) is 15.4. The molecule has 3 aromatic carbocycles. The number of carbonyl (C=O) groups excluding carboxylic acids is 1. The molecule has 0 bridgehead atoms. The van der Waals surface area contributed by atoms with Crippen LogP contribution < -0.4 is 0 Å². The maximum Gasteiger partial charge on any atom is 0.162 e. The number of hydrogen-bond acceptors (Lipinski definition) is 4. The summed E-state index contributed by atoms with van der Waals surface area (Å²) in [5.74, 6) is 0.450. The number of carbonyl (C=O) groups is 1. The molecule has 5 aromatic rings. The maximum atomic E-state index is 11.7. The van der Waals surface area contributed by atoms with Crippen molar-refractivity contribution in [3.8, 4) is 22.6 Å². The SMILES string of the molecule is CCC(CC)C(=O)/C=C(\O)C(CC)CC.[2H]C([2H])([2H])c1cnc(-c2[c-]c3ccccc3c(C(C)(C)C)c2)cc1-c1oc2cc(C([2H])([2H])C(C)(C)C)ccc2c1C([2H])([2H])[2H].[Ir]. The van der Waals surface area contributed by atoms with Crippen LogP contribution in [0.25, 0.3) is 44.3 Å². The molecule has 2 heterocycles. The monoisotopic (exact) mass is 887 g/mol. The van der Waals surface area contributed by atoms with E-state index in [1.165, 1.54) is 18.3 Å². The minimum Gasteiger partial charge on any atom is -0.512 e. The molecule has 2 aromatic heterocycles. The Balaban J connectivity index is 0.000000513. The molecule has 0 saturated heterocycles. The number of ketones is 1. The third-order valence-corrected chi connectivity index (χ3v) is 9.30. The van der Waals surface area contributed by atoms with Crippen LogP contribution in [0.3, 0.4) is 0 Å². The van der Waals surface area contributed by atoms with Crippen LogP contribution in [0.15, 0.2) is 77.0 Å². The normalized spacial score (nSPS) is 15.3. The van der Waals surface area contributed by atoms with Crippen molar-refractivity contribution in [1.29, 1.82) is 0 Å². The van der Waals surface area contributed by atoms with Crippen molar-refractivity contribution < 1.29 is 45.4 Å². The molecule has 5 rings (SSSR count). The first-order valence-electron chi connectivity index (χ1n) is 22.2. The fraction of sp³-hybridized carbons (Fsp3) is 0.447. The molecule has 0 atom stereocenters. The maximum absolute atomic E-state index is 11.7. The van der Waals surface area contributed by atoms with Gasteiger partial charge in [0, 0.05) is 77.4 Å². The Morgan fingerprint density at radius 3 is 2.19 bits per heavy atom.